The third kappa shape index (κ3) is 10.2. The van der Waals surface area contributed by atoms with Gasteiger partial charge in [-0.05, 0) is 12.8 Å². The van der Waals surface area contributed by atoms with Gasteiger partial charge in [-0.1, -0.05) is 13.8 Å². The highest BCUT2D eigenvalue weighted by Crippen LogP contribution is 2.08. The molecule has 0 radical (unpaired) electrons. The van der Waals surface area contributed by atoms with Crippen molar-refractivity contribution in [3.8, 4) is 0 Å². The summed E-state index contributed by atoms with van der Waals surface area (Å²) in [5.74, 6) is 0.685. The Kier molecular flexibility index (Phi) is 13.6. The number of hydrogen-bond donors (Lipinski definition) is 0. The number of carbonyl (C=O) groups is 2. The van der Waals surface area contributed by atoms with E-state index in [1.807, 2.05) is 0 Å². The summed E-state index contributed by atoms with van der Waals surface area (Å²) < 4.78 is 15.8. The Labute approximate surface area is 147 Å². The maximum atomic E-state index is 11.7. The summed E-state index contributed by atoms with van der Waals surface area (Å²) in [4.78, 5) is 23.5. The molecule has 0 rings (SSSR count). The molecule has 0 atom stereocenters. The molecule has 0 amide bonds. The summed E-state index contributed by atoms with van der Waals surface area (Å²) in [5, 5.41) is 0. The van der Waals surface area contributed by atoms with Gasteiger partial charge < -0.3 is 14.2 Å². The van der Waals surface area contributed by atoms with Gasteiger partial charge in [0.05, 0.1) is 13.2 Å². The monoisotopic (exact) mass is 366 g/mol. The maximum absolute atomic E-state index is 11.7. The van der Waals surface area contributed by atoms with Gasteiger partial charge in [-0.15, -0.1) is 23.2 Å². The Bertz CT molecular complexity index is 381. The Morgan fingerprint density at radius 3 is 1.52 bits per heavy atom. The Morgan fingerprint density at radius 2 is 1.22 bits per heavy atom. The van der Waals surface area contributed by atoms with Gasteiger partial charge in [0.25, 0.3) is 0 Å². The van der Waals surface area contributed by atoms with Gasteiger partial charge >= 0.3 is 0 Å². The van der Waals surface area contributed by atoms with Gasteiger partial charge in [-0.3, -0.25) is 9.59 Å². The lowest BCUT2D eigenvalue weighted by Gasteiger charge is -2.09. The average molecular weight is 367 g/mol. The highest BCUT2D eigenvalue weighted by molar-refractivity contribution is 6.18. The Morgan fingerprint density at radius 1 is 0.826 bits per heavy atom. The van der Waals surface area contributed by atoms with Crippen molar-refractivity contribution in [2.24, 2.45) is 0 Å². The zero-order valence-corrected chi connectivity index (χ0v) is 15.1. The first-order valence-corrected chi connectivity index (χ1v) is 8.67. The molecular formula is C16H24Cl2O5. The number of hydrogen-bond acceptors (Lipinski definition) is 5. The van der Waals surface area contributed by atoms with Crippen LogP contribution in [0.3, 0.4) is 0 Å². The van der Waals surface area contributed by atoms with E-state index in [0.717, 1.165) is 0 Å². The van der Waals surface area contributed by atoms with Crippen molar-refractivity contribution in [3.63, 3.8) is 0 Å². The number of rotatable bonds is 14. The van der Waals surface area contributed by atoms with Crippen molar-refractivity contribution in [3.05, 3.63) is 24.0 Å². The van der Waals surface area contributed by atoms with Crippen LogP contribution in [0.4, 0.5) is 0 Å². The topological polar surface area (TPSA) is 61.8 Å². The quantitative estimate of drug-likeness (QED) is 0.201. The SMILES string of the molecule is CCC(=O)C(=COC=C(OCCCCl)C(=O)CC)OCCCCl. The molecule has 0 spiro atoms. The summed E-state index contributed by atoms with van der Waals surface area (Å²) in [6.45, 7) is 4.08. The molecule has 0 fully saturated rings. The number of carbonyl (C=O) groups excluding carboxylic acids is 2. The van der Waals surface area contributed by atoms with Crippen LogP contribution in [-0.4, -0.2) is 36.5 Å². The predicted octanol–water partition coefficient (Wildman–Crippen LogP) is 3.94. The van der Waals surface area contributed by atoms with Crippen molar-refractivity contribution < 1.29 is 23.8 Å². The maximum Gasteiger partial charge on any atom is 0.200 e. The van der Waals surface area contributed by atoms with Gasteiger partial charge in [0.2, 0.25) is 0 Å². The van der Waals surface area contributed by atoms with Crippen LogP contribution in [0.2, 0.25) is 0 Å². The molecular weight excluding hydrogens is 343 g/mol. The van der Waals surface area contributed by atoms with E-state index in [2.05, 4.69) is 0 Å². The summed E-state index contributed by atoms with van der Waals surface area (Å²) in [6, 6.07) is 0. The molecule has 0 aliphatic rings. The van der Waals surface area contributed by atoms with E-state index in [1.54, 1.807) is 13.8 Å². The van der Waals surface area contributed by atoms with Gasteiger partial charge in [-0.2, -0.15) is 0 Å². The lowest BCUT2D eigenvalue weighted by atomic mass is 10.2. The van der Waals surface area contributed by atoms with E-state index in [9.17, 15) is 9.59 Å². The van der Waals surface area contributed by atoms with Gasteiger partial charge in [0, 0.05) is 24.6 Å². The minimum Gasteiger partial charge on any atom is -0.487 e. The third-order valence-electron chi connectivity index (χ3n) is 2.61. The molecule has 7 heteroatoms. The zero-order chi connectivity index (χ0) is 17.5. The highest BCUT2D eigenvalue weighted by Gasteiger charge is 2.11. The van der Waals surface area contributed by atoms with Crippen molar-refractivity contribution in [1.29, 1.82) is 0 Å². The standard InChI is InChI=1S/C16H24Cl2O5/c1-3-13(19)15(22-9-5-7-17)11-21-12-16(14(20)4-2)23-10-6-8-18/h11-12H,3-10H2,1-2H3. The smallest absolute Gasteiger partial charge is 0.200 e. The second kappa shape index (κ2) is 14.4. The molecule has 0 saturated carbocycles. The average Bonchev–Trinajstić information content (AvgIpc) is 2.57. The molecule has 0 aromatic carbocycles. The minimum absolute atomic E-state index is 0.0953. The van der Waals surface area contributed by atoms with Gasteiger partial charge in [-0.25, -0.2) is 0 Å². The van der Waals surface area contributed by atoms with E-state index in [4.69, 9.17) is 37.4 Å². The van der Waals surface area contributed by atoms with Crippen LogP contribution in [0.1, 0.15) is 39.5 Å². The molecule has 0 N–H and O–H groups in total. The van der Waals surface area contributed by atoms with Gasteiger partial charge in [0.15, 0.2) is 23.1 Å². The molecule has 132 valence electrons. The second-order valence-electron chi connectivity index (χ2n) is 4.44. The van der Waals surface area contributed by atoms with E-state index < -0.39 is 0 Å². The van der Waals surface area contributed by atoms with Crippen molar-refractivity contribution in [1.82, 2.24) is 0 Å². The Balaban J connectivity index is 4.81. The van der Waals surface area contributed by atoms with Gasteiger partial charge in [0.1, 0.15) is 12.5 Å². The molecule has 0 bridgehead atoms. The van der Waals surface area contributed by atoms with Crippen molar-refractivity contribution in [2.75, 3.05) is 25.0 Å². The number of Topliss-reactive ketones (excluding diaryl/α,β-unsaturated/α-hetero) is 2. The Hall–Kier alpha value is -1.20. The lowest BCUT2D eigenvalue weighted by molar-refractivity contribution is -0.119. The molecule has 0 saturated heterocycles. The summed E-state index contributed by atoms with van der Waals surface area (Å²) in [7, 11) is 0. The minimum atomic E-state index is -0.195. The third-order valence-corrected chi connectivity index (χ3v) is 3.15. The summed E-state index contributed by atoms with van der Waals surface area (Å²) in [6.07, 6.45) is 4.15. The van der Waals surface area contributed by atoms with Crippen molar-refractivity contribution in [2.45, 2.75) is 39.5 Å². The van der Waals surface area contributed by atoms with E-state index in [-0.39, 0.29) is 35.9 Å². The van der Waals surface area contributed by atoms with Crippen LogP contribution in [0.5, 0.6) is 0 Å². The molecule has 0 aliphatic carbocycles. The zero-order valence-electron chi connectivity index (χ0n) is 13.6. The van der Waals surface area contributed by atoms with E-state index in [1.165, 1.54) is 12.5 Å². The first-order valence-electron chi connectivity index (χ1n) is 7.60. The largest absolute Gasteiger partial charge is 0.487 e. The molecule has 23 heavy (non-hydrogen) atoms. The fourth-order valence-corrected chi connectivity index (χ4v) is 1.56. The van der Waals surface area contributed by atoms with Crippen LogP contribution in [0.25, 0.3) is 0 Å². The van der Waals surface area contributed by atoms with Crippen molar-refractivity contribution >= 4 is 34.8 Å². The van der Waals surface area contributed by atoms with Crippen LogP contribution in [-0.2, 0) is 23.8 Å². The summed E-state index contributed by atoms with van der Waals surface area (Å²) in [5.41, 5.74) is 0. The number of ketones is 2. The number of alkyl halides is 2. The fraction of sp³-hybridized carbons (Fsp3) is 0.625. The number of ether oxygens (including phenoxy) is 3. The highest BCUT2D eigenvalue weighted by atomic mass is 35.5. The molecule has 0 aromatic heterocycles. The van der Waals surface area contributed by atoms with Crippen LogP contribution in [0.15, 0.2) is 24.0 Å². The number of allylic oxidation sites excluding steroid dienone is 2. The van der Waals surface area contributed by atoms with E-state index >= 15 is 0 Å². The first kappa shape index (κ1) is 21.8. The molecule has 0 aliphatic heterocycles. The first-order chi connectivity index (χ1) is 11.1. The van der Waals surface area contributed by atoms with Crippen LogP contribution < -0.4 is 0 Å². The second-order valence-corrected chi connectivity index (χ2v) is 5.19. The molecule has 0 aromatic rings. The lowest BCUT2D eigenvalue weighted by Crippen LogP contribution is -2.08. The fourth-order valence-electron chi connectivity index (χ4n) is 1.34. The van der Waals surface area contributed by atoms with E-state index in [0.29, 0.717) is 37.8 Å². The molecule has 0 unspecified atom stereocenters. The molecule has 0 heterocycles. The normalized spacial score (nSPS) is 12.0. The number of halogens is 2. The summed E-state index contributed by atoms with van der Waals surface area (Å²) >= 11 is 11.1. The van der Waals surface area contributed by atoms with Crippen LogP contribution in [0, 0.1) is 0 Å². The predicted molar refractivity (Wildman–Crippen MR) is 90.4 cm³/mol. The molecule has 5 nitrogen and oxygen atoms in total. The van der Waals surface area contributed by atoms with Crippen LogP contribution >= 0.6 is 23.2 Å².